The Morgan fingerprint density at radius 3 is 2.62 bits per heavy atom. The summed E-state index contributed by atoms with van der Waals surface area (Å²) < 4.78 is 7.85. The van der Waals surface area contributed by atoms with E-state index in [1.165, 1.54) is 0 Å². The zero-order valence-electron chi connectivity index (χ0n) is 14.2. The van der Waals surface area contributed by atoms with E-state index in [4.69, 9.17) is 28.6 Å². The number of H-pyrrole nitrogens is 1. The smallest absolute Gasteiger partial charge is 0.272 e. The number of hydrogen-bond donors (Lipinski definition) is 1. The molecule has 26 heavy (non-hydrogen) atoms. The quantitative estimate of drug-likeness (QED) is 0.640. The van der Waals surface area contributed by atoms with Crippen LogP contribution in [0.2, 0.25) is 5.02 Å². The molecule has 1 amide bonds. The molecule has 0 spiro atoms. The normalized spacial score (nSPS) is 10.5. The lowest BCUT2D eigenvalue weighted by Crippen LogP contribution is -2.32. The highest BCUT2D eigenvalue weighted by Gasteiger charge is 2.18. The van der Waals surface area contributed by atoms with Gasteiger partial charge in [-0.2, -0.15) is 0 Å². The molecule has 134 valence electrons. The van der Waals surface area contributed by atoms with Crippen LogP contribution < -0.4 is 4.74 Å². The van der Waals surface area contributed by atoms with Crippen LogP contribution in [-0.2, 0) is 0 Å². The minimum Gasteiger partial charge on any atom is -0.490 e. The fourth-order valence-electron chi connectivity index (χ4n) is 2.51. The fraction of sp³-hybridized carbons (Fsp3) is 0.158. The maximum Gasteiger partial charge on any atom is 0.272 e. The lowest BCUT2D eigenvalue weighted by atomic mass is 10.3. The third-order valence-corrected chi connectivity index (χ3v) is 4.49. The van der Waals surface area contributed by atoms with E-state index in [0.29, 0.717) is 34.4 Å². The second-order valence-corrected chi connectivity index (χ2v) is 6.45. The van der Waals surface area contributed by atoms with E-state index >= 15 is 0 Å². The summed E-state index contributed by atoms with van der Waals surface area (Å²) in [5, 5.41) is 0.546. The van der Waals surface area contributed by atoms with Crippen LogP contribution in [0.25, 0.3) is 5.69 Å². The van der Waals surface area contributed by atoms with Crippen molar-refractivity contribution in [1.29, 1.82) is 0 Å². The van der Waals surface area contributed by atoms with Crippen LogP contribution in [0.4, 0.5) is 0 Å². The van der Waals surface area contributed by atoms with Crippen LogP contribution >= 0.6 is 23.8 Å². The molecule has 2 aromatic carbocycles. The maximum absolute atomic E-state index is 12.8. The van der Waals surface area contributed by atoms with Gasteiger partial charge in [-0.1, -0.05) is 41.9 Å². The van der Waals surface area contributed by atoms with Gasteiger partial charge in [0.2, 0.25) is 0 Å². The molecule has 0 saturated carbocycles. The number of hydrogen-bond acceptors (Lipinski definition) is 3. The zero-order chi connectivity index (χ0) is 18.5. The lowest BCUT2D eigenvalue weighted by molar-refractivity contribution is 0.0766. The molecule has 0 atom stereocenters. The number of nitrogens with one attached hydrogen (secondary N) is 1. The molecule has 0 saturated heterocycles. The van der Waals surface area contributed by atoms with Gasteiger partial charge in [0.1, 0.15) is 18.1 Å². The zero-order valence-corrected chi connectivity index (χ0v) is 15.8. The number of nitrogens with zero attached hydrogens (tertiary/aromatic N) is 2. The number of likely N-dealkylation sites (N-methyl/N-ethyl adjacent to an activating group) is 1. The van der Waals surface area contributed by atoms with E-state index in [1.54, 1.807) is 34.8 Å². The number of benzene rings is 2. The third kappa shape index (κ3) is 3.98. The SMILES string of the molecule is CN(CCOc1ccccc1Cl)C(=O)c1c[nH]c(=S)n1-c1ccccc1. The van der Waals surface area contributed by atoms with Crippen molar-refractivity contribution in [3.8, 4) is 11.4 Å². The molecular formula is C19H18ClN3O2S. The lowest BCUT2D eigenvalue weighted by Gasteiger charge is -2.18. The van der Waals surface area contributed by atoms with Gasteiger partial charge < -0.3 is 14.6 Å². The summed E-state index contributed by atoms with van der Waals surface area (Å²) in [7, 11) is 1.73. The van der Waals surface area contributed by atoms with Gasteiger partial charge in [0, 0.05) is 18.9 Å². The second-order valence-electron chi connectivity index (χ2n) is 5.66. The third-order valence-electron chi connectivity index (χ3n) is 3.88. The van der Waals surface area contributed by atoms with Crippen LogP contribution in [0.3, 0.4) is 0 Å². The number of para-hydroxylation sites is 2. The number of rotatable bonds is 6. The molecule has 0 aliphatic rings. The first kappa shape index (κ1) is 18.2. The highest BCUT2D eigenvalue weighted by molar-refractivity contribution is 7.71. The predicted molar refractivity (Wildman–Crippen MR) is 105 cm³/mol. The van der Waals surface area contributed by atoms with Crippen molar-refractivity contribution in [2.45, 2.75) is 0 Å². The highest BCUT2D eigenvalue weighted by atomic mass is 35.5. The van der Waals surface area contributed by atoms with Crippen LogP contribution in [0.1, 0.15) is 10.5 Å². The van der Waals surface area contributed by atoms with Crippen molar-refractivity contribution >= 4 is 29.7 Å². The number of halogens is 1. The summed E-state index contributed by atoms with van der Waals surface area (Å²) in [5.74, 6) is 0.452. The van der Waals surface area contributed by atoms with Crippen molar-refractivity contribution in [2.75, 3.05) is 20.2 Å². The topological polar surface area (TPSA) is 50.3 Å². The number of aromatic amines is 1. The van der Waals surface area contributed by atoms with Crippen LogP contribution in [0, 0.1) is 4.77 Å². The minimum absolute atomic E-state index is 0.149. The molecule has 0 aliphatic heterocycles. The molecule has 3 aromatic rings. The summed E-state index contributed by atoms with van der Waals surface area (Å²) in [4.78, 5) is 17.4. The fourth-order valence-corrected chi connectivity index (χ4v) is 2.96. The molecule has 0 aliphatic carbocycles. The number of ether oxygens (including phenoxy) is 1. The maximum atomic E-state index is 12.8. The Morgan fingerprint density at radius 1 is 1.19 bits per heavy atom. The Morgan fingerprint density at radius 2 is 1.88 bits per heavy atom. The van der Waals surface area contributed by atoms with Crippen molar-refractivity contribution in [1.82, 2.24) is 14.5 Å². The first-order valence-corrected chi connectivity index (χ1v) is 8.85. The van der Waals surface area contributed by atoms with E-state index in [-0.39, 0.29) is 5.91 Å². The van der Waals surface area contributed by atoms with E-state index in [9.17, 15) is 4.79 Å². The summed E-state index contributed by atoms with van der Waals surface area (Å²) >= 11 is 11.4. The summed E-state index contributed by atoms with van der Waals surface area (Å²) in [6.07, 6.45) is 1.63. The van der Waals surface area contributed by atoms with Gasteiger partial charge in [0.25, 0.3) is 5.91 Å². The molecule has 1 heterocycles. The van der Waals surface area contributed by atoms with Crippen molar-refractivity contribution in [3.05, 3.63) is 76.3 Å². The molecule has 0 fully saturated rings. The Labute approximate surface area is 161 Å². The molecule has 0 bridgehead atoms. The average Bonchev–Trinajstić information content (AvgIpc) is 3.04. The molecule has 1 aromatic heterocycles. The number of carbonyl (C=O) groups excluding carboxylic acids is 1. The van der Waals surface area contributed by atoms with Gasteiger partial charge in [0.05, 0.1) is 11.6 Å². The highest BCUT2D eigenvalue weighted by Crippen LogP contribution is 2.23. The van der Waals surface area contributed by atoms with Crippen molar-refractivity contribution in [2.24, 2.45) is 0 Å². The first-order chi connectivity index (χ1) is 12.6. The summed E-state index contributed by atoms with van der Waals surface area (Å²) in [5.41, 5.74) is 1.31. The van der Waals surface area contributed by atoms with E-state index in [0.717, 1.165) is 5.69 Å². The van der Waals surface area contributed by atoms with Gasteiger partial charge in [-0.25, -0.2) is 0 Å². The Balaban J connectivity index is 1.70. The largest absolute Gasteiger partial charge is 0.490 e. The summed E-state index contributed by atoms with van der Waals surface area (Å²) in [6, 6.07) is 16.8. The molecule has 0 unspecified atom stereocenters. The molecule has 5 nitrogen and oxygen atoms in total. The predicted octanol–water partition coefficient (Wildman–Crippen LogP) is 4.34. The average molecular weight is 388 g/mol. The van der Waals surface area contributed by atoms with Gasteiger partial charge in [-0.3, -0.25) is 9.36 Å². The Hall–Kier alpha value is -2.57. The molecule has 7 heteroatoms. The Kier molecular flexibility index (Phi) is 5.75. The van der Waals surface area contributed by atoms with E-state index in [2.05, 4.69) is 4.98 Å². The van der Waals surface area contributed by atoms with Crippen LogP contribution in [-0.4, -0.2) is 40.6 Å². The molecular weight excluding hydrogens is 370 g/mol. The second kappa shape index (κ2) is 8.21. The van der Waals surface area contributed by atoms with Crippen molar-refractivity contribution in [3.63, 3.8) is 0 Å². The standard InChI is InChI=1S/C19H18ClN3O2S/c1-22(11-12-25-17-10-6-5-9-15(17)20)18(24)16-13-21-19(26)23(16)14-7-3-2-4-8-14/h2-10,13H,11-12H2,1H3,(H,21,26). The van der Waals surface area contributed by atoms with Gasteiger partial charge in [-0.05, 0) is 36.5 Å². The monoisotopic (exact) mass is 387 g/mol. The number of carbonyl (C=O) groups is 1. The number of imidazole rings is 1. The minimum atomic E-state index is -0.149. The molecule has 0 radical (unpaired) electrons. The molecule has 1 N–H and O–H groups in total. The van der Waals surface area contributed by atoms with Gasteiger partial charge >= 0.3 is 0 Å². The van der Waals surface area contributed by atoms with Crippen molar-refractivity contribution < 1.29 is 9.53 Å². The summed E-state index contributed by atoms with van der Waals surface area (Å²) in [6.45, 7) is 0.749. The van der Waals surface area contributed by atoms with Gasteiger partial charge in [-0.15, -0.1) is 0 Å². The van der Waals surface area contributed by atoms with Crippen LogP contribution in [0.15, 0.2) is 60.8 Å². The molecule has 3 rings (SSSR count). The first-order valence-electron chi connectivity index (χ1n) is 8.06. The van der Waals surface area contributed by atoms with E-state index in [1.807, 2.05) is 42.5 Å². The van der Waals surface area contributed by atoms with Crippen LogP contribution in [0.5, 0.6) is 5.75 Å². The van der Waals surface area contributed by atoms with Gasteiger partial charge in [0.15, 0.2) is 4.77 Å². The number of amides is 1. The Bertz CT molecular complexity index is 953. The van der Waals surface area contributed by atoms with E-state index < -0.39 is 0 Å². The number of aromatic nitrogens is 2.